The molecule has 0 aromatic heterocycles. The van der Waals surface area contributed by atoms with Gasteiger partial charge in [0.2, 0.25) is 5.91 Å². The van der Waals surface area contributed by atoms with Crippen LogP contribution in [0, 0.1) is 5.92 Å². The lowest BCUT2D eigenvalue weighted by molar-refractivity contribution is -0.120. The van der Waals surface area contributed by atoms with Crippen molar-refractivity contribution in [1.29, 1.82) is 0 Å². The Morgan fingerprint density at radius 3 is 2.47 bits per heavy atom. The quantitative estimate of drug-likeness (QED) is 0.660. The normalized spacial score (nSPS) is 20.7. The average Bonchev–Trinajstić information content (AvgIpc) is 2.93. The van der Waals surface area contributed by atoms with Crippen LogP contribution in [0.3, 0.4) is 0 Å². The van der Waals surface area contributed by atoms with Crippen LogP contribution in [-0.4, -0.2) is 43.6 Å². The Morgan fingerprint density at radius 2 is 2.07 bits per heavy atom. The van der Waals surface area contributed by atoms with Crippen LogP contribution >= 0.6 is 0 Å². The number of carbonyl (C=O) groups excluding carboxylic acids is 1. The standard InChI is InChI=1S/C9H17NO4S/c1-6(15(2,13)14)9(12)10-5-8(11)7-3-4-7/h6-8,11H,3-5H2,1-2H3,(H,10,12). The number of rotatable bonds is 5. The van der Waals surface area contributed by atoms with Crippen LogP contribution in [-0.2, 0) is 14.6 Å². The number of sulfone groups is 1. The molecule has 5 nitrogen and oxygen atoms in total. The van der Waals surface area contributed by atoms with Crippen LogP contribution in [0.2, 0.25) is 0 Å². The number of amides is 1. The van der Waals surface area contributed by atoms with Gasteiger partial charge in [0.05, 0.1) is 6.10 Å². The van der Waals surface area contributed by atoms with Crippen molar-refractivity contribution in [3.8, 4) is 0 Å². The van der Waals surface area contributed by atoms with E-state index in [4.69, 9.17) is 0 Å². The van der Waals surface area contributed by atoms with E-state index in [-0.39, 0.29) is 12.5 Å². The van der Waals surface area contributed by atoms with E-state index < -0.39 is 27.1 Å². The van der Waals surface area contributed by atoms with Crippen molar-refractivity contribution in [2.45, 2.75) is 31.1 Å². The predicted molar refractivity (Wildman–Crippen MR) is 56.0 cm³/mol. The van der Waals surface area contributed by atoms with E-state index in [0.29, 0.717) is 0 Å². The molecule has 2 unspecified atom stereocenters. The maximum absolute atomic E-state index is 11.3. The molecule has 1 aliphatic carbocycles. The third-order valence-corrected chi connectivity index (χ3v) is 4.16. The van der Waals surface area contributed by atoms with Crippen LogP contribution in [0.1, 0.15) is 19.8 Å². The van der Waals surface area contributed by atoms with Gasteiger partial charge < -0.3 is 10.4 Å². The van der Waals surface area contributed by atoms with Gasteiger partial charge in [-0.1, -0.05) is 0 Å². The second-order valence-electron chi connectivity index (χ2n) is 4.12. The van der Waals surface area contributed by atoms with Gasteiger partial charge in [0.15, 0.2) is 9.84 Å². The fourth-order valence-electron chi connectivity index (χ4n) is 1.19. The largest absolute Gasteiger partial charge is 0.391 e. The van der Waals surface area contributed by atoms with E-state index in [1.165, 1.54) is 6.92 Å². The molecule has 0 saturated heterocycles. The number of hydrogen-bond donors (Lipinski definition) is 2. The lowest BCUT2D eigenvalue weighted by Gasteiger charge is -2.13. The molecule has 2 N–H and O–H groups in total. The van der Waals surface area contributed by atoms with Gasteiger partial charge >= 0.3 is 0 Å². The molecule has 0 bridgehead atoms. The van der Waals surface area contributed by atoms with Gasteiger partial charge in [0, 0.05) is 12.8 Å². The maximum atomic E-state index is 11.3. The highest BCUT2D eigenvalue weighted by Crippen LogP contribution is 2.32. The molecule has 2 atom stereocenters. The summed E-state index contributed by atoms with van der Waals surface area (Å²) < 4.78 is 22.1. The Morgan fingerprint density at radius 1 is 1.53 bits per heavy atom. The van der Waals surface area contributed by atoms with Crippen molar-refractivity contribution in [3.63, 3.8) is 0 Å². The Bertz CT molecular complexity index is 334. The summed E-state index contributed by atoms with van der Waals surface area (Å²) in [5.74, 6) is -0.268. The fourth-order valence-corrected chi connectivity index (χ4v) is 1.66. The molecule has 0 aliphatic heterocycles. The summed E-state index contributed by atoms with van der Waals surface area (Å²) in [4.78, 5) is 11.3. The summed E-state index contributed by atoms with van der Waals surface area (Å²) >= 11 is 0. The number of carbonyl (C=O) groups is 1. The second kappa shape index (κ2) is 4.49. The Balaban J connectivity index is 2.35. The van der Waals surface area contributed by atoms with E-state index in [0.717, 1.165) is 19.1 Å². The second-order valence-corrected chi connectivity index (χ2v) is 6.49. The maximum Gasteiger partial charge on any atom is 0.238 e. The smallest absolute Gasteiger partial charge is 0.238 e. The summed E-state index contributed by atoms with van der Waals surface area (Å²) in [6.45, 7) is 1.48. The first-order valence-electron chi connectivity index (χ1n) is 4.97. The summed E-state index contributed by atoms with van der Waals surface area (Å²) in [7, 11) is -3.35. The van der Waals surface area contributed by atoms with E-state index in [9.17, 15) is 18.3 Å². The van der Waals surface area contributed by atoms with Gasteiger partial charge in [0.1, 0.15) is 5.25 Å². The van der Waals surface area contributed by atoms with Crippen molar-refractivity contribution < 1.29 is 18.3 Å². The zero-order valence-corrected chi connectivity index (χ0v) is 9.75. The predicted octanol–water partition coefficient (Wildman–Crippen LogP) is -0.693. The molecular weight excluding hydrogens is 218 g/mol. The lowest BCUT2D eigenvalue weighted by Crippen LogP contribution is -2.41. The zero-order valence-electron chi connectivity index (χ0n) is 8.93. The molecule has 1 amide bonds. The van der Waals surface area contributed by atoms with Crippen LogP contribution in [0.25, 0.3) is 0 Å². The summed E-state index contributed by atoms with van der Waals surface area (Å²) in [5.41, 5.74) is 0. The first-order chi connectivity index (χ1) is 6.82. The van der Waals surface area contributed by atoms with Crippen molar-refractivity contribution in [2.75, 3.05) is 12.8 Å². The van der Waals surface area contributed by atoms with Gasteiger partial charge in [0.25, 0.3) is 0 Å². The first kappa shape index (κ1) is 12.4. The van der Waals surface area contributed by atoms with Gasteiger partial charge in [-0.15, -0.1) is 0 Å². The number of aliphatic hydroxyl groups is 1. The Labute approximate surface area is 89.8 Å². The van der Waals surface area contributed by atoms with Crippen LogP contribution < -0.4 is 5.32 Å². The minimum absolute atomic E-state index is 0.142. The third-order valence-electron chi connectivity index (χ3n) is 2.66. The molecule has 0 spiro atoms. The van der Waals surface area contributed by atoms with Crippen LogP contribution in [0.4, 0.5) is 0 Å². The van der Waals surface area contributed by atoms with E-state index >= 15 is 0 Å². The van der Waals surface area contributed by atoms with Crippen molar-refractivity contribution >= 4 is 15.7 Å². The molecule has 6 heteroatoms. The van der Waals surface area contributed by atoms with Crippen LogP contribution in [0.15, 0.2) is 0 Å². The lowest BCUT2D eigenvalue weighted by atomic mass is 10.2. The van der Waals surface area contributed by atoms with Crippen LogP contribution in [0.5, 0.6) is 0 Å². The summed E-state index contributed by atoms with van der Waals surface area (Å²) in [6.07, 6.45) is 2.45. The summed E-state index contributed by atoms with van der Waals surface area (Å²) in [5, 5.41) is 10.8. The molecule has 88 valence electrons. The highest BCUT2D eigenvalue weighted by molar-refractivity contribution is 7.92. The molecule has 0 aromatic rings. The van der Waals surface area contributed by atoms with E-state index in [2.05, 4.69) is 5.32 Å². The molecule has 1 fully saturated rings. The molecule has 1 aliphatic rings. The molecule has 0 radical (unpaired) electrons. The number of aliphatic hydroxyl groups excluding tert-OH is 1. The fraction of sp³-hybridized carbons (Fsp3) is 0.889. The molecule has 1 rings (SSSR count). The van der Waals surface area contributed by atoms with Crippen molar-refractivity contribution in [2.24, 2.45) is 5.92 Å². The monoisotopic (exact) mass is 235 g/mol. The van der Waals surface area contributed by atoms with E-state index in [1.807, 2.05) is 0 Å². The first-order valence-corrected chi connectivity index (χ1v) is 6.92. The number of nitrogens with one attached hydrogen (secondary N) is 1. The zero-order chi connectivity index (χ0) is 11.6. The van der Waals surface area contributed by atoms with Gasteiger partial charge in [-0.3, -0.25) is 4.79 Å². The average molecular weight is 235 g/mol. The highest BCUT2D eigenvalue weighted by Gasteiger charge is 2.31. The van der Waals surface area contributed by atoms with Gasteiger partial charge in [-0.2, -0.15) is 0 Å². The third kappa shape index (κ3) is 3.79. The molecular formula is C9H17NO4S. The van der Waals surface area contributed by atoms with Crippen molar-refractivity contribution in [1.82, 2.24) is 5.32 Å². The highest BCUT2D eigenvalue weighted by atomic mass is 32.2. The Hall–Kier alpha value is -0.620. The minimum Gasteiger partial charge on any atom is -0.391 e. The summed E-state index contributed by atoms with van der Waals surface area (Å²) in [6, 6.07) is 0. The van der Waals surface area contributed by atoms with Gasteiger partial charge in [-0.05, 0) is 25.7 Å². The number of hydrogen-bond acceptors (Lipinski definition) is 4. The SMILES string of the molecule is CC(C(=O)NCC(O)C1CC1)S(C)(=O)=O. The minimum atomic E-state index is -3.35. The van der Waals surface area contributed by atoms with E-state index in [1.54, 1.807) is 0 Å². The molecule has 0 aromatic carbocycles. The molecule has 1 saturated carbocycles. The topological polar surface area (TPSA) is 83.5 Å². The molecule has 0 heterocycles. The van der Waals surface area contributed by atoms with Gasteiger partial charge in [-0.25, -0.2) is 8.42 Å². The Kier molecular flexibility index (Phi) is 3.72. The molecule has 15 heavy (non-hydrogen) atoms. The van der Waals surface area contributed by atoms with Crippen molar-refractivity contribution in [3.05, 3.63) is 0 Å².